The van der Waals surface area contributed by atoms with Gasteiger partial charge in [0.25, 0.3) is 0 Å². The van der Waals surface area contributed by atoms with E-state index in [-0.39, 0.29) is 30.9 Å². The lowest BCUT2D eigenvalue weighted by molar-refractivity contribution is -0.122. The van der Waals surface area contributed by atoms with Crippen LogP contribution in [0.4, 0.5) is 4.39 Å². The molecule has 3 nitrogen and oxygen atoms in total. The number of amides is 1. The maximum Gasteiger partial charge on any atom is 0.234 e. The van der Waals surface area contributed by atoms with Crippen molar-refractivity contribution in [3.8, 4) is 0 Å². The van der Waals surface area contributed by atoms with Crippen LogP contribution in [0.3, 0.4) is 0 Å². The monoisotopic (exact) mass is 362 g/mol. The summed E-state index contributed by atoms with van der Waals surface area (Å²) in [7, 11) is 1.77. The Morgan fingerprint density at radius 1 is 1.24 bits per heavy atom. The van der Waals surface area contributed by atoms with Gasteiger partial charge in [-0.1, -0.05) is 48.9 Å². The molecule has 5 heteroatoms. The lowest BCUT2D eigenvalue weighted by atomic mass is 10.1. The standard InChI is InChI=1S/C20H24ClFN2O/c1-4-15-8-10-16(11-9-15)14(2)23-20(25)13-24(3)12-17-18(21)6-5-7-19(17)22/h5-11,14H,4,12-13H2,1-3H3,(H,23,25). The van der Waals surface area contributed by atoms with Crippen molar-refractivity contribution in [3.05, 3.63) is 70.0 Å². The van der Waals surface area contributed by atoms with Crippen LogP contribution in [-0.4, -0.2) is 24.4 Å². The SMILES string of the molecule is CCc1ccc(C(C)NC(=O)CN(C)Cc2c(F)cccc2Cl)cc1. The Labute approximate surface area is 153 Å². The molecule has 134 valence electrons. The fourth-order valence-electron chi connectivity index (χ4n) is 2.67. The number of aryl methyl sites for hydroxylation is 1. The van der Waals surface area contributed by atoms with Gasteiger partial charge in [0.15, 0.2) is 0 Å². The van der Waals surface area contributed by atoms with Crippen LogP contribution in [0.15, 0.2) is 42.5 Å². The van der Waals surface area contributed by atoms with Gasteiger partial charge in [0.2, 0.25) is 5.91 Å². The zero-order valence-corrected chi connectivity index (χ0v) is 15.6. The number of hydrogen-bond donors (Lipinski definition) is 1. The first-order valence-corrected chi connectivity index (χ1v) is 8.78. The lowest BCUT2D eigenvalue weighted by Gasteiger charge is -2.20. The number of halogens is 2. The van der Waals surface area contributed by atoms with Gasteiger partial charge in [0.1, 0.15) is 5.82 Å². The smallest absolute Gasteiger partial charge is 0.234 e. The number of hydrogen-bond acceptors (Lipinski definition) is 2. The molecule has 0 saturated heterocycles. The molecule has 0 aromatic heterocycles. The topological polar surface area (TPSA) is 32.3 Å². The van der Waals surface area contributed by atoms with E-state index < -0.39 is 0 Å². The molecule has 1 amide bonds. The molecular formula is C20H24ClFN2O. The minimum absolute atomic E-state index is 0.0798. The van der Waals surface area contributed by atoms with Gasteiger partial charge in [-0.05, 0) is 43.7 Å². The number of carbonyl (C=O) groups is 1. The molecule has 0 heterocycles. The fraction of sp³-hybridized carbons (Fsp3) is 0.350. The van der Waals surface area contributed by atoms with Crippen LogP contribution < -0.4 is 5.32 Å². The summed E-state index contributed by atoms with van der Waals surface area (Å²) in [5.74, 6) is -0.467. The van der Waals surface area contributed by atoms with Gasteiger partial charge in [-0.2, -0.15) is 0 Å². The summed E-state index contributed by atoms with van der Waals surface area (Å²) < 4.78 is 13.8. The second kappa shape index (κ2) is 8.97. The van der Waals surface area contributed by atoms with Crippen molar-refractivity contribution in [1.29, 1.82) is 0 Å². The van der Waals surface area contributed by atoms with E-state index in [4.69, 9.17) is 11.6 Å². The Hall–Kier alpha value is -1.91. The summed E-state index contributed by atoms with van der Waals surface area (Å²) in [6.07, 6.45) is 0.990. The number of likely N-dealkylation sites (N-methyl/N-ethyl adjacent to an activating group) is 1. The Balaban J connectivity index is 1.90. The molecule has 2 rings (SSSR count). The molecule has 0 aliphatic heterocycles. The van der Waals surface area contributed by atoms with Gasteiger partial charge >= 0.3 is 0 Å². The predicted molar refractivity (Wildman–Crippen MR) is 100 cm³/mol. The van der Waals surface area contributed by atoms with Gasteiger partial charge in [0.05, 0.1) is 12.6 Å². The van der Waals surface area contributed by atoms with Crippen molar-refractivity contribution >= 4 is 17.5 Å². The van der Waals surface area contributed by atoms with Crippen LogP contribution in [0.5, 0.6) is 0 Å². The van der Waals surface area contributed by atoms with Crippen molar-refractivity contribution in [2.75, 3.05) is 13.6 Å². The minimum Gasteiger partial charge on any atom is -0.348 e. The molecule has 0 fully saturated rings. The Kier molecular flexibility index (Phi) is 6.97. The van der Waals surface area contributed by atoms with Crippen molar-refractivity contribution in [2.24, 2.45) is 0 Å². The maximum absolute atomic E-state index is 13.8. The molecule has 1 unspecified atom stereocenters. The van der Waals surface area contributed by atoms with E-state index in [1.165, 1.54) is 11.6 Å². The second-order valence-electron chi connectivity index (χ2n) is 6.26. The molecule has 25 heavy (non-hydrogen) atoms. The van der Waals surface area contributed by atoms with Gasteiger partial charge in [-0.3, -0.25) is 9.69 Å². The first-order valence-electron chi connectivity index (χ1n) is 8.40. The summed E-state index contributed by atoms with van der Waals surface area (Å²) in [5.41, 5.74) is 2.73. The zero-order chi connectivity index (χ0) is 18.4. The number of carbonyl (C=O) groups excluding carboxylic acids is 1. The van der Waals surface area contributed by atoms with E-state index in [0.717, 1.165) is 12.0 Å². The normalized spacial score (nSPS) is 12.2. The zero-order valence-electron chi connectivity index (χ0n) is 14.9. The molecule has 0 saturated carbocycles. The van der Waals surface area contributed by atoms with E-state index in [1.54, 1.807) is 24.1 Å². The number of benzene rings is 2. The largest absolute Gasteiger partial charge is 0.348 e. The van der Waals surface area contributed by atoms with Crippen molar-refractivity contribution < 1.29 is 9.18 Å². The molecule has 1 atom stereocenters. The Morgan fingerprint density at radius 3 is 2.52 bits per heavy atom. The summed E-state index contributed by atoms with van der Waals surface area (Å²) in [6, 6.07) is 12.7. The molecule has 1 N–H and O–H groups in total. The maximum atomic E-state index is 13.8. The molecule has 0 aliphatic rings. The third-order valence-corrected chi connectivity index (χ3v) is 4.52. The molecule has 2 aromatic rings. The van der Waals surface area contributed by atoms with Gasteiger partial charge < -0.3 is 5.32 Å². The van der Waals surface area contributed by atoms with E-state index in [0.29, 0.717) is 10.6 Å². The Morgan fingerprint density at radius 2 is 1.92 bits per heavy atom. The van der Waals surface area contributed by atoms with Crippen LogP contribution in [0.2, 0.25) is 5.02 Å². The quantitative estimate of drug-likeness (QED) is 0.794. The number of rotatable bonds is 7. The third-order valence-electron chi connectivity index (χ3n) is 4.17. The second-order valence-corrected chi connectivity index (χ2v) is 6.66. The van der Waals surface area contributed by atoms with Crippen LogP contribution in [0.1, 0.15) is 36.6 Å². The van der Waals surface area contributed by atoms with E-state index in [2.05, 4.69) is 24.4 Å². The van der Waals surface area contributed by atoms with E-state index in [1.807, 2.05) is 19.1 Å². The fourth-order valence-corrected chi connectivity index (χ4v) is 2.89. The van der Waals surface area contributed by atoms with Gasteiger partial charge in [-0.25, -0.2) is 4.39 Å². The summed E-state index contributed by atoms with van der Waals surface area (Å²) in [6.45, 7) is 4.50. The first-order chi connectivity index (χ1) is 11.9. The Bertz CT molecular complexity index is 698. The third kappa shape index (κ3) is 5.55. The molecule has 2 aromatic carbocycles. The summed E-state index contributed by atoms with van der Waals surface area (Å²) in [4.78, 5) is 14.0. The van der Waals surface area contributed by atoms with E-state index >= 15 is 0 Å². The average Bonchev–Trinajstić information content (AvgIpc) is 2.58. The highest BCUT2D eigenvalue weighted by Crippen LogP contribution is 2.20. The molecule has 0 spiro atoms. The lowest BCUT2D eigenvalue weighted by Crippen LogP contribution is -2.36. The molecular weight excluding hydrogens is 339 g/mol. The summed E-state index contributed by atoms with van der Waals surface area (Å²) in [5, 5.41) is 3.34. The first kappa shape index (κ1) is 19.4. The van der Waals surface area contributed by atoms with E-state index in [9.17, 15) is 9.18 Å². The summed E-state index contributed by atoms with van der Waals surface area (Å²) >= 11 is 6.03. The van der Waals surface area contributed by atoms with Crippen LogP contribution in [0.25, 0.3) is 0 Å². The average molecular weight is 363 g/mol. The predicted octanol–water partition coefficient (Wildman–Crippen LogP) is 4.35. The van der Waals surface area contributed by atoms with Crippen molar-refractivity contribution in [3.63, 3.8) is 0 Å². The van der Waals surface area contributed by atoms with Crippen LogP contribution in [-0.2, 0) is 17.8 Å². The molecule has 0 aliphatic carbocycles. The van der Waals surface area contributed by atoms with Crippen LogP contribution in [0, 0.1) is 5.82 Å². The molecule has 0 bridgehead atoms. The van der Waals surface area contributed by atoms with Crippen LogP contribution >= 0.6 is 11.6 Å². The van der Waals surface area contributed by atoms with Gasteiger partial charge in [-0.15, -0.1) is 0 Å². The molecule has 0 radical (unpaired) electrons. The highest BCUT2D eigenvalue weighted by molar-refractivity contribution is 6.31. The van der Waals surface area contributed by atoms with Crippen molar-refractivity contribution in [2.45, 2.75) is 32.9 Å². The highest BCUT2D eigenvalue weighted by atomic mass is 35.5. The number of nitrogens with one attached hydrogen (secondary N) is 1. The minimum atomic E-state index is -0.357. The van der Waals surface area contributed by atoms with Gasteiger partial charge in [0, 0.05) is 17.1 Å². The van der Waals surface area contributed by atoms with Crippen molar-refractivity contribution in [1.82, 2.24) is 10.2 Å². The highest BCUT2D eigenvalue weighted by Gasteiger charge is 2.14. The number of nitrogens with zero attached hydrogens (tertiary/aromatic N) is 1.